The molecule has 0 spiro atoms. The highest BCUT2D eigenvalue weighted by atomic mass is 19.1. The summed E-state index contributed by atoms with van der Waals surface area (Å²) in [7, 11) is 1.67. The Kier molecular flexibility index (Phi) is 8.52. The molecule has 55 heavy (non-hydrogen) atoms. The van der Waals surface area contributed by atoms with Gasteiger partial charge in [-0.25, -0.2) is 23.7 Å². The second-order valence-corrected chi connectivity index (χ2v) is 15.8. The summed E-state index contributed by atoms with van der Waals surface area (Å²) in [4.78, 5) is 40.5. The van der Waals surface area contributed by atoms with Crippen LogP contribution in [0.15, 0.2) is 61.2 Å². The van der Waals surface area contributed by atoms with E-state index in [2.05, 4.69) is 26.3 Å². The van der Waals surface area contributed by atoms with Crippen molar-refractivity contribution < 1.29 is 36.8 Å². The number of hydrogen-bond donors (Lipinski definition) is 1. The molecule has 6 fully saturated rings. The number of nitrogens with one attached hydrogen (secondary N) is 1. The highest BCUT2D eigenvalue weighted by Gasteiger charge is 2.73. The first-order valence-electron chi connectivity index (χ1n) is 17.9. The zero-order chi connectivity index (χ0) is 38.8. The number of aromatic nitrogens is 4. The van der Waals surface area contributed by atoms with Crippen molar-refractivity contribution in [3.8, 4) is 29.6 Å². The Morgan fingerprint density at radius 2 is 1.49 bits per heavy atom. The molecule has 12 nitrogen and oxygen atoms in total. The third-order valence-corrected chi connectivity index (χ3v) is 12.0. The van der Waals surface area contributed by atoms with Crippen molar-refractivity contribution in [2.75, 3.05) is 20.3 Å². The summed E-state index contributed by atoms with van der Waals surface area (Å²) in [6.07, 6.45) is 9.09. The molecule has 2 amide bonds. The summed E-state index contributed by atoms with van der Waals surface area (Å²) < 4.78 is 57.6. The molecule has 1 atom stereocenters. The van der Waals surface area contributed by atoms with E-state index < -0.39 is 34.3 Å². The van der Waals surface area contributed by atoms with E-state index in [4.69, 9.17) is 14.7 Å². The molecule has 4 bridgehead atoms. The van der Waals surface area contributed by atoms with Crippen LogP contribution in [-0.2, 0) is 16.1 Å². The van der Waals surface area contributed by atoms with Gasteiger partial charge in [0.05, 0.1) is 42.5 Å². The number of hydrogen-bond acceptors (Lipinski definition) is 9. The van der Waals surface area contributed by atoms with Crippen LogP contribution in [0, 0.1) is 61.8 Å². The number of benzene rings is 2. The molecule has 0 unspecified atom stereocenters. The van der Waals surface area contributed by atoms with E-state index in [9.17, 15) is 23.6 Å². The molecule has 2 heterocycles. The minimum atomic E-state index is -0.714. The van der Waals surface area contributed by atoms with Crippen LogP contribution in [0.25, 0.3) is 5.69 Å². The quantitative estimate of drug-likeness (QED) is 0.187. The number of carbonyl (C=O) groups is 2. The first-order valence-corrected chi connectivity index (χ1v) is 17.9. The van der Waals surface area contributed by atoms with Crippen LogP contribution in [0.5, 0.6) is 11.8 Å². The summed E-state index contributed by atoms with van der Waals surface area (Å²) in [5.74, 6) is -1.86. The number of nitrogens with zero attached hydrogens (tertiary/aromatic N) is 7. The maximum Gasteiger partial charge on any atom is 0.308 e. The molecule has 0 aliphatic heterocycles. The summed E-state index contributed by atoms with van der Waals surface area (Å²) in [5, 5.41) is 21.5. The van der Waals surface area contributed by atoms with Gasteiger partial charge in [-0.1, -0.05) is 18.2 Å². The predicted octanol–water partition coefficient (Wildman–Crippen LogP) is 4.94. The molecule has 0 radical (unpaired) electrons. The zero-order valence-electron chi connectivity index (χ0n) is 30.1. The molecule has 6 aliphatic carbocycles. The smallest absolute Gasteiger partial charge is 0.308 e. The lowest BCUT2D eigenvalue weighted by Crippen LogP contribution is -2.69. The highest BCUT2D eigenvalue weighted by molar-refractivity contribution is 5.87. The Hall–Kier alpha value is -6.09. The minimum Gasteiger partial charge on any atom is -0.476 e. The van der Waals surface area contributed by atoms with Crippen LogP contribution in [0.2, 0.25) is 0 Å². The van der Waals surface area contributed by atoms with Gasteiger partial charge in [-0.15, -0.1) is 4.57 Å². The second-order valence-electron chi connectivity index (χ2n) is 15.8. The van der Waals surface area contributed by atoms with Crippen LogP contribution in [-0.4, -0.2) is 51.9 Å². The molecule has 1 N–H and O–H groups in total. The van der Waals surface area contributed by atoms with E-state index in [1.807, 2.05) is 6.07 Å². The molecular weight excluding hydrogens is 713 g/mol. The van der Waals surface area contributed by atoms with E-state index in [0.717, 1.165) is 12.1 Å². The van der Waals surface area contributed by atoms with Crippen LogP contribution >= 0.6 is 0 Å². The van der Waals surface area contributed by atoms with Crippen LogP contribution < -0.4 is 19.4 Å². The lowest BCUT2D eigenvalue weighted by atomic mass is 9.35. The van der Waals surface area contributed by atoms with Gasteiger partial charge in [-0.05, 0) is 57.6 Å². The largest absolute Gasteiger partial charge is 0.476 e. The van der Waals surface area contributed by atoms with Crippen molar-refractivity contribution in [1.29, 1.82) is 10.5 Å². The van der Waals surface area contributed by atoms with Crippen LogP contribution in [0.1, 0.15) is 74.0 Å². The first-order chi connectivity index (χ1) is 26.3. The molecule has 10 rings (SSSR count). The molecular formula is C40H36F3N8O4+. The predicted molar refractivity (Wildman–Crippen MR) is 185 cm³/mol. The average molecular weight is 750 g/mol. The fourth-order valence-corrected chi connectivity index (χ4v) is 9.29. The maximum atomic E-state index is 16.4. The molecule has 6 saturated carbocycles. The van der Waals surface area contributed by atoms with Crippen molar-refractivity contribution >= 4 is 11.8 Å². The molecule has 2 aromatic carbocycles. The average Bonchev–Trinajstić information content (AvgIpc) is 3.12. The Morgan fingerprint density at radius 1 is 0.873 bits per heavy atom. The lowest BCUT2D eigenvalue weighted by Gasteiger charge is -2.69. The number of carbonyl (C=O) groups excluding carboxylic acids is 2. The van der Waals surface area contributed by atoms with Gasteiger partial charge < -0.3 is 19.7 Å². The molecule has 2 aromatic heterocycles. The van der Waals surface area contributed by atoms with Gasteiger partial charge in [0, 0.05) is 41.6 Å². The molecule has 0 saturated heterocycles. The molecule has 15 heteroatoms. The van der Waals surface area contributed by atoms with E-state index in [1.165, 1.54) is 41.5 Å². The van der Waals surface area contributed by atoms with E-state index >= 15 is 4.39 Å². The van der Waals surface area contributed by atoms with Crippen molar-refractivity contribution in [2.45, 2.75) is 58.0 Å². The third-order valence-electron chi connectivity index (χ3n) is 12.0. The Bertz CT molecular complexity index is 2260. The number of ether oxygens (including phenoxy) is 2. The SMILES string of the molecule is C[C@@H](c1cccc(-[n+]2cc(OCC34CC(C(=O)NCc5c(F)cccc5F)(C3)C4)ncc2C#N)c1F)N(C)C(=O)C12CC(COc3cnc(C#N)cn3)(C1)C2. The number of nitriles is 2. The molecule has 4 aromatic rings. The van der Waals surface area contributed by atoms with Crippen molar-refractivity contribution in [2.24, 2.45) is 21.7 Å². The van der Waals surface area contributed by atoms with Gasteiger partial charge in [0.15, 0.2) is 17.6 Å². The summed E-state index contributed by atoms with van der Waals surface area (Å²) >= 11 is 0. The fraction of sp³-hybridized carbons (Fsp3) is 0.400. The summed E-state index contributed by atoms with van der Waals surface area (Å²) in [6.45, 7) is 2.15. The van der Waals surface area contributed by atoms with Crippen LogP contribution in [0.3, 0.4) is 0 Å². The van der Waals surface area contributed by atoms with E-state index in [1.54, 1.807) is 31.0 Å². The molecule has 6 aliphatic rings. The first kappa shape index (κ1) is 35.9. The van der Waals surface area contributed by atoms with Gasteiger partial charge in [0.25, 0.3) is 5.88 Å². The van der Waals surface area contributed by atoms with Gasteiger partial charge in [0.2, 0.25) is 29.6 Å². The number of amides is 2. The van der Waals surface area contributed by atoms with Crippen LogP contribution in [0.4, 0.5) is 13.2 Å². The summed E-state index contributed by atoms with van der Waals surface area (Å²) in [5.41, 5.74) is -1.06. The topological polar surface area (TPSA) is 158 Å². The normalized spacial score (nSPS) is 25.7. The number of rotatable bonds is 13. The van der Waals surface area contributed by atoms with Gasteiger partial charge >= 0.3 is 5.69 Å². The minimum absolute atomic E-state index is 0.0679. The van der Waals surface area contributed by atoms with Crippen molar-refractivity contribution in [3.05, 3.63) is 101 Å². The van der Waals surface area contributed by atoms with E-state index in [-0.39, 0.29) is 69.9 Å². The van der Waals surface area contributed by atoms with Crippen molar-refractivity contribution in [1.82, 2.24) is 25.2 Å². The number of halogens is 3. The fourth-order valence-electron chi connectivity index (χ4n) is 9.29. The second kappa shape index (κ2) is 13.0. The Labute approximate surface area is 314 Å². The Balaban J connectivity index is 0.879. The molecule has 280 valence electrons. The van der Waals surface area contributed by atoms with E-state index in [0.29, 0.717) is 51.0 Å². The zero-order valence-corrected chi connectivity index (χ0v) is 30.1. The maximum absolute atomic E-state index is 16.4. The van der Waals surface area contributed by atoms with Gasteiger partial charge in [0.1, 0.15) is 23.9 Å². The van der Waals surface area contributed by atoms with Crippen molar-refractivity contribution in [3.63, 3.8) is 0 Å². The van der Waals surface area contributed by atoms with Gasteiger partial charge in [-0.2, -0.15) is 14.9 Å². The Morgan fingerprint density at radius 3 is 2.11 bits per heavy atom. The monoisotopic (exact) mass is 749 g/mol. The lowest BCUT2D eigenvalue weighted by molar-refractivity contribution is -0.601. The van der Waals surface area contributed by atoms with Gasteiger partial charge in [-0.3, -0.25) is 9.59 Å². The highest BCUT2D eigenvalue weighted by Crippen LogP contribution is 2.74. The summed E-state index contributed by atoms with van der Waals surface area (Å²) in [6, 6.07) is 11.7. The standard InChI is InChI=1S/C40H35F3N8O4/c1-24(50(2)36(53)40-19-38(20-40,21-40)22-54-32-14-46-25(9-44)11-47-32)27-5-3-8-31(34(27)43)51-15-33(48-12-26(51)10-45)55-23-37-16-39(17-37,18-37)35(52)49-13-28-29(41)6-4-7-30(28)42/h3-8,11-12,14-15,24H,13,16-23H2,1-2H3/p+1/t24-,37?,38?,39?,40?/m0/s1. The third kappa shape index (κ3) is 5.98.